The molecule has 0 aliphatic carbocycles. The molecule has 0 saturated heterocycles. The molecule has 1 aromatic rings. The van der Waals surface area contributed by atoms with Gasteiger partial charge < -0.3 is 11.2 Å². The quantitative estimate of drug-likeness (QED) is 0.266. The van der Waals surface area contributed by atoms with Crippen LogP contribution in [-0.4, -0.2) is 10.4 Å². The first-order valence-electron chi connectivity index (χ1n) is 3.05. The minimum absolute atomic E-state index is 0. The molecule has 1 rings (SSSR count). The van der Waals surface area contributed by atoms with Crippen LogP contribution in [0.25, 0.3) is 0 Å². The van der Waals surface area contributed by atoms with E-state index in [1.807, 2.05) is 0 Å². The third-order valence-electron chi connectivity index (χ3n) is 1.15. The van der Waals surface area contributed by atoms with Crippen molar-refractivity contribution in [1.29, 1.82) is 0 Å². The third-order valence-corrected chi connectivity index (χ3v) is 1.15. The summed E-state index contributed by atoms with van der Waals surface area (Å²) in [5.74, 6) is 0. The number of hydrogen-bond acceptors (Lipinski definition) is 2. The van der Waals surface area contributed by atoms with Gasteiger partial charge in [0.25, 0.3) is 5.69 Å². The van der Waals surface area contributed by atoms with Crippen LogP contribution in [0.15, 0.2) is 24.3 Å². The molecule has 0 amide bonds. The van der Waals surface area contributed by atoms with Gasteiger partial charge in [0.15, 0.2) is 0 Å². The zero-order valence-corrected chi connectivity index (χ0v) is 13.4. The number of non-ortho nitro benzene ring substituents is 1. The summed E-state index contributed by atoms with van der Waals surface area (Å²) in [6.07, 6.45) is 0. The monoisotopic (exact) mass is 538 g/mol. The van der Waals surface area contributed by atoms with Gasteiger partial charge >= 0.3 is 50.5 Å². The SMILES string of the molecule is I[I-]I.O.[NH3+]c1ccc([N+](=O)[O-])cc1. The normalized spacial score (nSPS) is 8.21. The van der Waals surface area contributed by atoms with Crippen LogP contribution in [0.4, 0.5) is 11.4 Å². The van der Waals surface area contributed by atoms with E-state index in [2.05, 4.69) is 43.0 Å². The predicted octanol–water partition coefficient (Wildman–Crippen LogP) is -1.58. The molecule has 0 spiro atoms. The molecule has 0 aliphatic rings. The summed E-state index contributed by atoms with van der Waals surface area (Å²) in [6.45, 7) is 0. The van der Waals surface area contributed by atoms with Crippen molar-refractivity contribution >= 4 is 48.6 Å². The summed E-state index contributed by atoms with van der Waals surface area (Å²) in [4.78, 5) is 9.67. The molecule has 0 saturated carbocycles. The van der Waals surface area contributed by atoms with Gasteiger partial charge in [-0.3, -0.25) is 10.1 Å². The fraction of sp³-hybridized carbons (Fsp3) is 0. The average Bonchev–Trinajstić information content (AvgIpc) is 2.06. The van der Waals surface area contributed by atoms with E-state index < -0.39 is 4.92 Å². The van der Waals surface area contributed by atoms with Crippen LogP contribution >= 0.6 is 37.2 Å². The zero-order valence-electron chi connectivity index (χ0n) is 6.91. The maximum Gasteiger partial charge on any atom is 0.269 e. The Morgan fingerprint density at radius 3 is 1.93 bits per heavy atom. The summed E-state index contributed by atoms with van der Waals surface area (Å²) < 4.78 is 0. The molecule has 1 aromatic carbocycles. The van der Waals surface area contributed by atoms with E-state index in [1.54, 1.807) is 12.1 Å². The van der Waals surface area contributed by atoms with E-state index in [9.17, 15) is 10.1 Å². The molecule has 0 aromatic heterocycles. The molecule has 0 fully saturated rings. The first kappa shape index (κ1) is 17.1. The second-order valence-corrected chi connectivity index (χ2v) is 18.2. The van der Waals surface area contributed by atoms with Gasteiger partial charge in [-0.1, -0.05) is 0 Å². The molecule has 0 atom stereocenters. The van der Waals surface area contributed by atoms with Gasteiger partial charge in [0, 0.05) is 24.3 Å². The Bertz CT molecular complexity index is 268. The summed E-state index contributed by atoms with van der Waals surface area (Å²) in [5.41, 5.74) is 4.49. The van der Waals surface area contributed by atoms with Crippen LogP contribution in [-0.2, 0) is 0 Å². The molecule has 5 N–H and O–H groups in total. The Labute approximate surface area is 111 Å². The van der Waals surface area contributed by atoms with Crippen molar-refractivity contribution < 1.29 is 29.4 Å². The van der Waals surface area contributed by atoms with Crippen molar-refractivity contribution in [3.63, 3.8) is 0 Å². The summed E-state index contributed by atoms with van der Waals surface area (Å²) in [6, 6.07) is 6.08. The van der Waals surface area contributed by atoms with E-state index in [0.717, 1.165) is 5.69 Å². The Hall–Kier alpha value is 0.730. The number of nitrogens with zero attached hydrogens (tertiary/aromatic N) is 1. The van der Waals surface area contributed by atoms with Crippen molar-refractivity contribution in [3.05, 3.63) is 34.4 Å². The zero-order chi connectivity index (χ0) is 10.3. The van der Waals surface area contributed by atoms with Gasteiger partial charge in [-0.25, -0.2) is 0 Å². The fourth-order valence-electron chi connectivity index (χ4n) is 0.618. The number of quaternary nitrogens is 1. The van der Waals surface area contributed by atoms with E-state index >= 15 is 0 Å². The largest absolute Gasteiger partial charge is 0.412 e. The Kier molecular flexibility index (Phi) is 12.6. The Morgan fingerprint density at radius 2 is 1.64 bits per heavy atom. The van der Waals surface area contributed by atoms with Gasteiger partial charge in [0.05, 0.1) is 4.92 Å². The Morgan fingerprint density at radius 1 is 1.29 bits per heavy atom. The van der Waals surface area contributed by atoms with Crippen LogP contribution in [0.5, 0.6) is 0 Å². The molecule has 5 nitrogen and oxygen atoms in total. The first-order valence-corrected chi connectivity index (χ1v) is 15.6. The number of rotatable bonds is 1. The van der Waals surface area contributed by atoms with Crippen LogP contribution in [0, 0.1) is 10.1 Å². The van der Waals surface area contributed by atoms with Gasteiger partial charge in [-0.05, 0) is 0 Å². The van der Waals surface area contributed by atoms with Crippen molar-refractivity contribution in [2.75, 3.05) is 0 Å². The maximum atomic E-state index is 10.1. The van der Waals surface area contributed by atoms with Crippen molar-refractivity contribution in [2.24, 2.45) is 0 Å². The smallest absolute Gasteiger partial charge is 0.269 e. The van der Waals surface area contributed by atoms with E-state index in [-0.39, 0.29) is 11.2 Å². The van der Waals surface area contributed by atoms with E-state index in [4.69, 9.17) is 0 Å². The minimum Gasteiger partial charge on any atom is -0.412 e. The summed E-state index contributed by atoms with van der Waals surface area (Å²) >= 11 is 5.30. The van der Waals surface area contributed by atoms with Crippen molar-refractivity contribution in [2.45, 2.75) is 0 Å². The minimum atomic E-state index is -0.431. The number of nitro benzene ring substituents is 1. The average molecular weight is 538 g/mol. The van der Waals surface area contributed by atoms with Crippen molar-refractivity contribution in [3.8, 4) is 0 Å². The molecule has 14 heavy (non-hydrogen) atoms. The first-order chi connectivity index (χ1) is 6.11. The van der Waals surface area contributed by atoms with Gasteiger partial charge in [-0.15, -0.1) is 0 Å². The molecule has 0 aliphatic heterocycles. The van der Waals surface area contributed by atoms with Crippen molar-refractivity contribution in [1.82, 2.24) is 0 Å². The molecular formula is C6H9I3N2O3. The summed E-state index contributed by atoms with van der Waals surface area (Å²) in [5, 5.41) is 10.1. The molecule has 0 heterocycles. The van der Waals surface area contributed by atoms with E-state index in [1.165, 1.54) is 12.1 Å². The molecule has 0 radical (unpaired) electrons. The Balaban J connectivity index is 0. The number of benzene rings is 1. The standard InChI is InChI=1S/C6H6N2O2.I3.H2O/c7-5-1-3-6(4-2-5)8(9)10;1-3-2;/h1-4H,7H2;;1H2/q;-1;/p+1. The fourth-order valence-corrected chi connectivity index (χ4v) is 0.618. The van der Waals surface area contributed by atoms with Gasteiger partial charge in [0.2, 0.25) is 0 Å². The molecular weight excluding hydrogens is 529 g/mol. The molecule has 82 valence electrons. The van der Waals surface area contributed by atoms with Crippen LogP contribution in [0.3, 0.4) is 0 Å². The van der Waals surface area contributed by atoms with Crippen LogP contribution in [0.1, 0.15) is 0 Å². The molecule has 0 bridgehead atoms. The molecule has 8 heteroatoms. The third kappa shape index (κ3) is 8.07. The van der Waals surface area contributed by atoms with E-state index in [0.29, 0.717) is 13.3 Å². The second-order valence-electron chi connectivity index (χ2n) is 1.98. The number of hydrogen-bond donors (Lipinski definition) is 1. The predicted molar refractivity (Wildman–Crippen MR) is 67.3 cm³/mol. The van der Waals surface area contributed by atoms with Crippen LogP contribution < -0.4 is 19.0 Å². The summed E-state index contributed by atoms with van der Waals surface area (Å²) in [7, 11) is 0. The van der Waals surface area contributed by atoms with Gasteiger partial charge in [-0.2, -0.15) is 0 Å². The molecule has 0 unspecified atom stereocenters. The topological polar surface area (TPSA) is 102 Å². The number of halogens is 3. The maximum absolute atomic E-state index is 10.1. The second kappa shape index (κ2) is 10.3. The number of nitro groups is 1. The van der Waals surface area contributed by atoms with Crippen LogP contribution in [0.2, 0.25) is 0 Å². The van der Waals surface area contributed by atoms with Gasteiger partial charge in [0.1, 0.15) is 5.69 Å².